The van der Waals surface area contributed by atoms with Gasteiger partial charge in [-0.3, -0.25) is 4.79 Å². The van der Waals surface area contributed by atoms with Crippen molar-refractivity contribution < 1.29 is 4.79 Å². The lowest BCUT2D eigenvalue weighted by Crippen LogP contribution is -2.40. The molecule has 2 aromatic rings. The van der Waals surface area contributed by atoms with Gasteiger partial charge in [0, 0.05) is 42.3 Å². The quantitative estimate of drug-likeness (QED) is 0.666. The summed E-state index contributed by atoms with van der Waals surface area (Å²) < 4.78 is 2.38. The van der Waals surface area contributed by atoms with E-state index in [9.17, 15) is 4.79 Å². The molecule has 1 aliphatic carbocycles. The zero-order chi connectivity index (χ0) is 22.0. The van der Waals surface area contributed by atoms with Crippen LogP contribution in [-0.2, 0) is 12.8 Å². The van der Waals surface area contributed by atoms with Crippen LogP contribution in [0.1, 0.15) is 67.3 Å². The van der Waals surface area contributed by atoms with Crippen LogP contribution in [0.4, 0.5) is 0 Å². The number of nitrogens with one attached hydrogen (secondary N) is 1. The third kappa shape index (κ3) is 5.23. The number of aryl methyl sites for hydroxylation is 1. The molecule has 1 aromatic carbocycles. The molecular weight excluding hydrogens is 382 g/mol. The third-order valence-electron chi connectivity index (χ3n) is 7.09. The van der Waals surface area contributed by atoms with Gasteiger partial charge in [0.2, 0.25) is 0 Å². The van der Waals surface area contributed by atoms with Crippen molar-refractivity contribution in [1.29, 1.82) is 0 Å². The highest BCUT2D eigenvalue weighted by Crippen LogP contribution is 2.30. The highest BCUT2D eigenvalue weighted by Gasteiger charge is 2.22. The lowest BCUT2D eigenvalue weighted by Gasteiger charge is -2.34. The van der Waals surface area contributed by atoms with Crippen LogP contribution in [0.5, 0.6) is 0 Å². The summed E-state index contributed by atoms with van der Waals surface area (Å²) in [5, 5.41) is 3.11. The molecule has 1 fully saturated rings. The first-order chi connectivity index (χ1) is 14.9. The summed E-state index contributed by atoms with van der Waals surface area (Å²) in [5.74, 6) is 2.38. The van der Waals surface area contributed by atoms with Crippen LogP contribution >= 0.6 is 0 Å². The number of carbonyl (C=O) groups is 1. The SMILES string of the molecule is Cc1cc2c(n1-c1ccc(C(=O)NCCCN3CC(C)CC(C)C3)cc1)CCC(C)C2. The molecule has 3 atom stereocenters. The predicted octanol–water partition coefficient (Wildman–Crippen LogP) is 5.01. The van der Waals surface area contributed by atoms with Crippen LogP contribution in [0.3, 0.4) is 0 Å². The lowest BCUT2D eigenvalue weighted by molar-refractivity contribution is 0.0947. The number of hydrogen-bond acceptors (Lipinski definition) is 2. The smallest absolute Gasteiger partial charge is 0.251 e. The van der Waals surface area contributed by atoms with E-state index in [0.29, 0.717) is 0 Å². The summed E-state index contributed by atoms with van der Waals surface area (Å²) in [7, 11) is 0. The van der Waals surface area contributed by atoms with Gasteiger partial charge in [0.05, 0.1) is 0 Å². The molecule has 3 unspecified atom stereocenters. The predicted molar refractivity (Wildman–Crippen MR) is 128 cm³/mol. The van der Waals surface area contributed by atoms with Crippen LogP contribution in [0.2, 0.25) is 0 Å². The number of rotatable bonds is 6. The number of nitrogens with zero attached hydrogens (tertiary/aromatic N) is 2. The normalized spacial score (nSPS) is 24.1. The average molecular weight is 422 g/mol. The third-order valence-corrected chi connectivity index (χ3v) is 7.09. The highest BCUT2D eigenvalue weighted by atomic mass is 16.1. The number of amides is 1. The van der Waals surface area contributed by atoms with E-state index in [1.165, 1.54) is 49.3 Å². The fraction of sp³-hybridized carbons (Fsp3) is 0.593. The molecule has 1 aliphatic heterocycles. The Morgan fingerprint density at radius 3 is 2.48 bits per heavy atom. The minimum atomic E-state index is 0.0343. The van der Waals surface area contributed by atoms with Crippen LogP contribution in [0.15, 0.2) is 30.3 Å². The Morgan fingerprint density at radius 1 is 1.06 bits per heavy atom. The van der Waals surface area contributed by atoms with Gasteiger partial charge < -0.3 is 14.8 Å². The number of hydrogen-bond donors (Lipinski definition) is 1. The molecule has 31 heavy (non-hydrogen) atoms. The van der Waals surface area contributed by atoms with E-state index in [0.717, 1.165) is 54.9 Å². The highest BCUT2D eigenvalue weighted by molar-refractivity contribution is 5.94. The molecule has 2 aliphatic rings. The molecule has 2 heterocycles. The van der Waals surface area contributed by atoms with Gasteiger partial charge in [0.25, 0.3) is 5.91 Å². The Labute approximate surface area is 188 Å². The zero-order valence-electron chi connectivity index (χ0n) is 19.8. The topological polar surface area (TPSA) is 37.3 Å². The molecule has 4 nitrogen and oxygen atoms in total. The van der Waals surface area contributed by atoms with Crippen molar-refractivity contribution in [3.63, 3.8) is 0 Å². The van der Waals surface area contributed by atoms with Gasteiger partial charge in [-0.1, -0.05) is 20.8 Å². The summed E-state index contributed by atoms with van der Waals surface area (Å²) in [5.41, 5.74) is 6.15. The monoisotopic (exact) mass is 421 g/mol. The Morgan fingerprint density at radius 2 is 1.77 bits per heavy atom. The maximum absolute atomic E-state index is 12.6. The number of piperidine rings is 1. The van der Waals surface area contributed by atoms with Gasteiger partial charge in [0.1, 0.15) is 0 Å². The second kappa shape index (κ2) is 9.60. The number of carbonyl (C=O) groups excluding carboxylic acids is 1. The summed E-state index contributed by atoms with van der Waals surface area (Å²) in [4.78, 5) is 15.2. The Bertz CT molecular complexity index is 888. The molecule has 1 amide bonds. The van der Waals surface area contributed by atoms with Gasteiger partial charge in [-0.15, -0.1) is 0 Å². The largest absolute Gasteiger partial charge is 0.352 e. The number of likely N-dealkylation sites (tertiary alicyclic amines) is 1. The van der Waals surface area contributed by atoms with Crippen LogP contribution in [-0.4, -0.2) is 41.6 Å². The van der Waals surface area contributed by atoms with Crippen molar-refractivity contribution in [2.45, 2.75) is 59.8 Å². The van der Waals surface area contributed by atoms with Gasteiger partial charge in [0.15, 0.2) is 0 Å². The molecule has 168 valence electrons. The van der Waals surface area contributed by atoms with Crippen molar-refractivity contribution in [3.8, 4) is 5.69 Å². The lowest BCUT2D eigenvalue weighted by atomic mass is 9.89. The molecular formula is C27H39N3O. The number of benzene rings is 1. The molecule has 0 bridgehead atoms. The van der Waals surface area contributed by atoms with Gasteiger partial charge in [-0.05, 0) is 99.2 Å². The first-order valence-electron chi connectivity index (χ1n) is 12.2. The first-order valence-corrected chi connectivity index (χ1v) is 12.2. The van der Waals surface area contributed by atoms with E-state index in [-0.39, 0.29) is 5.91 Å². The summed E-state index contributed by atoms with van der Waals surface area (Å²) in [6.07, 6.45) is 5.93. The van der Waals surface area contributed by atoms with Crippen molar-refractivity contribution in [2.24, 2.45) is 17.8 Å². The van der Waals surface area contributed by atoms with Crippen LogP contribution in [0.25, 0.3) is 5.69 Å². The summed E-state index contributed by atoms with van der Waals surface area (Å²) in [6, 6.07) is 10.5. The second-order valence-electron chi connectivity index (χ2n) is 10.3. The molecule has 4 heteroatoms. The van der Waals surface area contributed by atoms with Crippen LogP contribution in [0, 0.1) is 24.7 Å². The Balaban J connectivity index is 1.31. The second-order valence-corrected chi connectivity index (χ2v) is 10.3. The number of fused-ring (bicyclic) bond motifs is 1. The zero-order valence-corrected chi connectivity index (χ0v) is 19.8. The first kappa shape index (κ1) is 22.1. The molecule has 1 saturated heterocycles. The van der Waals surface area contributed by atoms with E-state index in [1.54, 1.807) is 0 Å². The van der Waals surface area contributed by atoms with Crippen molar-refractivity contribution in [2.75, 3.05) is 26.2 Å². The van der Waals surface area contributed by atoms with Crippen LogP contribution < -0.4 is 5.32 Å². The van der Waals surface area contributed by atoms with E-state index < -0.39 is 0 Å². The van der Waals surface area contributed by atoms with E-state index in [1.807, 2.05) is 12.1 Å². The molecule has 1 aromatic heterocycles. The summed E-state index contributed by atoms with van der Waals surface area (Å²) in [6.45, 7) is 13.4. The van der Waals surface area contributed by atoms with Gasteiger partial charge in [-0.25, -0.2) is 0 Å². The van der Waals surface area contributed by atoms with Crippen molar-refractivity contribution in [1.82, 2.24) is 14.8 Å². The molecule has 4 rings (SSSR count). The fourth-order valence-corrected chi connectivity index (χ4v) is 5.77. The Kier molecular flexibility index (Phi) is 6.86. The molecule has 0 spiro atoms. The van der Waals surface area contributed by atoms with Gasteiger partial charge >= 0.3 is 0 Å². The molecule has 1 N–H and O–H groups in total. The van der Waals surface area contributed by atoms with Crippen molar-refractivity contribution in [3.05, 3.63) is 52.8 Å². The minimum Gasteiger partial charge on any atom is -0.352 e. The average Bonchev–Trinajstić information content (AvgIpc) is 3.05. The maximum atomic E-state index is 12.6. The van der Waals surface area contributed by atoms with E-state index in [4.69, 9.17) is 0 Å². The standard InChI is InChI=1S/C27H39N3O/c1-19-6-11-26-24(15-19)16-22(4)30(26)25-9-7-23(8-10-25)27(31)28-12-5-13-29-17-20(2)14-21(3)18-29/h7-10,16,19-21H,5-6,11-15,17-18H2,1-4H3,(H,28,31). The Hall–Kier alpha value is -2.07. The molecule has 0 saturated carbocycles. The van der Waals surface area contributed by atoms with E-state index >= 15 is 0 Å². The molecule has 0 radical (unpaired) electrons. The van der Waals surface area contributed by atoms with Crippen molar-refractivity contribution >= 4 is 5.91 Å². The van der Waals surface area contributed by atoms with Gasteiger partial charge in [-0.2, -0.15) is 0 Å². The number of aromatic nitrogens is 1. The maximum Gasteiger partial charge on any atom is 0.251 e. The minimum absolute atomic E-state index is 0.0343. The van der Waals surface area contributed by atoms with E-state index in [2.05, 4.69) is 60.7 Å². The summed E-state index contributed by atoms with van der Waals surface area (Å²) >= 11 is 0. The fourth-order valence-electron chi connectivity index (χ4n) is 5.77.